The molecule has 0 bridgehead atoms. The van der Waals surface area contributed by atoms with Crippen molar-refractivity contribution in [3.8, 4) is 0 Å². The molecule has 94 valence electrons. The van der Waals surface area contributed by atoms with Gasteiger partial charge in [-0.1, -0.05) is 56.0 Å². The van der Waals surface area contributed by atoms with Gasteiger partial charge in [0.25, 0.3) is 0 Å². The van der Waals surface area contributed by atoms with Crippen molar-refractivity contribution in [3.05, 3.63) is 35.9 Å². The Kier molecular flexibility index (Phi) is 4.76. The minimum Gasteiger partial charge on any atom is -0.126 e. The number of halogens is 2. The second-order valence-electron chi connectivity index (χ2n) is 5.27. The smallest absolute Gasteiger partial charge is 0.0332 e. The van der Waals surface area contributed by atoms with Crippen molar-refractivity contribution in [2.75, 3.05) is 11.8 Å². The summed E-state index contributed by atoms with van der Waals surface area (Å²) in [5, 5.41) is 0. The zero-order chi connectivity index (χ0) is 12.1. The molecule has 1 aliphatic carbocycles. The van der Waals surface area contributed by atoms with E-state index in [0.717, 1.165) is 12.3 Å². The van der Waals surface area contributed by atoms with Crippen LogP contribution >= 0.6 is 23.2 Å². The lowest BCUT2D eigenvalue weighted by atomic mass is 9.76. The van der Waals surface area contributed by atoms with Gasteiger partial charge in [-0.2, -0.15) is 0 Å². The lowest BCUT2D eigenvalue weighted by Crippen LogP contribution is -2.32. The molecule has 2 rings (SSSR count). The van der Waals surface area contributed by atoms with Gasteiger partial charge in [-0.05, 0) is 17.9 Å². The summed E-state index contributed by atoms with van der Waals surface area (Å²) in [4.78, 5) is 0. The fourth-order valence-electron chi connectivity index (χ4n) is 2.98. The first-order valence-electron chi connectivity index (χ1n) is 6.48. The summed E-state index contributed by atoms with van der Waals surface area (Å²) in [6.45, 7) is 0. The molecule has 0 atom stereocenters. The molecule has 0 aliphatic heterocycles. The molecule has 1 fully saturated rings. The maximum absolute atomic E-state index is 6.25. The maximum atomic E-state index is 6.25. The summed E-state index contributed by atoms with van der Waals surface area (Å²) in [5.74, 6) is 2.06. The van der Waals surface area contributed by atoms with E-state index >= 15 is 0 Å². The molecular formula is C15H20Cl2. The third-order valence-electron chi connectivity index (χ3n) is 4.05. The predicted molar refractivity (Wildman–Crippen MR) is 76.1 cm³/mol. The number of hydrogen-bond donors (Lipinski definition) is 0. The number of hydrogen-bond acceptors (Lipinski definition) is 0. The Morgan fingerprint density at radius 2 is 1.59 bits per heavy atom. The molecule has 1 aromatic carbocycles. The van der Waals surface area contributed by atoms with Crippen LogP contribution in [0.4, 0.5) is 0 Å². The van der Waals surface area contributed by atoms with Crippen LogP contribution in [0.15, 0.2) is 30.3 Å². The minimum absolute atomic E-state index is 0.0284. The van der Waals surface area contributed by atoms with Gasteiger partial charge in [-0.25, -0.2) is 0 Å². The molecule has 0 saturated heterocycles. The lowest BCUT2D eigenvalue weighted by Gasteiger charge is -2.33. The van der Waals surface area contributed by atoms with Crippen LogP contribution in [-0.4, -0.2) is 11.8 Å². The van der Waals surface area contributed by atoms with Crippen LogP contribution in [0.25, 0.3) is 0 Å². The van der Waals surface area contributed by atoms with Crippen LogP contribution < -0.4 is 0 Å². The van der Waals surface area contributed by atoms with Gasteiger partial charge in [0.1, 0.15) is 0 Å². The summed E-state index contributed by atoms with van der Waals surface area (Å²) in [7, 11) is 0. The van der Waals surface area contributed by atoms with E-state index < -0.39 is 0 Å². The van der Waals surface area contributed by atoms with Crippen molar-refractivity contribution in [1.82, 2.24) is 0 Å². The molecule has 0 N–H and O–H groups in total. The summed E-state index contributed by atoms with van der Waals surface area (Å²) >= 11 is 12.5. The summed E-state index contributed by atoms with van der Waals surface area (Å²) in [5.41, 5.74) is 1.27. The Hall–Kier alpha value is -0.200. The van der Waals surface area contributed by atoms with E-state index in [2.05, 4.69) is 24.3 Å². The monoisotopic (exact) mass is 270 g/mol. The SMILES string of the molecule is ClCC(CCl)(CC1CCCC1)c1ccccc1. The first-order chi connectivity index (χ1) is 8.30. The third kappa shape index (κ3) is 2.98. The van der Waals surface area contributed by atoms with E-state index in [9.17, 15) is 0 Å². The first kappa shape index (κ1) is 13.2. The highest BCUT2D eigenvalue weighted by molar-refractivity contribution is 6.22. The Bertz CT molecular complexity index is 324. The number of benzene rings is 1. The lowest BCUT2D eigenvalue weighted by molar-refractivity contribution is 0.372. The summed E-state index contributed by atoms with van der Waals surface area (Å²) in [6.07, 6.45) is 6.59. The zero-order valence-electron chi connectivity index (χ0n) is 10.2. The van der Waals surface area contributed by atoms with Gasteiger partial charge in [-0.15, -0.1) is 23.2 Å². The second kappa shape index (κ2) is 6.11. The molecule has 0 spiro atoms. The fourth-order valence-corrected chi connectivity index (χ4v) is 3.79. The van der Waals surface area contributed by atoms with Crippen molar-refractivity contribution < 1.29 is 0 Å². The van der Waals surface area contributed by atoms with E-state index in [1.807, 2.05) is 6.07 Å². The van der Waals surface area contributed by atoms with Crippen LogP contribution in [0.3, 0.4) is 0 Å². The summed E-state index contributed by atoms with van der Waals surface area (Å²) < 4.78 is 0. The van der Waals surface area contributed by atoms with Crippen LogP contribution in [-0.2, 0) is 5.41 Å². The number of alkyl halides is 2. The second-order valence-corrected chi connectivity index (χ2v) is 5.80. The van der Waals surface area contributed by atoms with Gasteiger partial charge in [-0.3, -0.25) is 0 Å². The van der Waals surface area contributed by atoms with Crippen LogP contribution in [0.1, 0.15) is 37.7 Å². The molecule has 0 heterocycles. The predicted octanol–water partition coefficient (Wildman–Crippen LogP) is 4.98. The van der Waals surface area contributed by atoms with Crippen LogP contribution in [0.5, 0.6) is 0 Å². The van der Waals surface area contributed by atoms with Gasteiger partial charge < -0.3 is 0 Å². The normalized spacial score (nSPS) is 17.5. The van der Waals surface area contributed by atoms with Gasteiger partial charge in [0.15, 0.2) is 0 Å². The highest BCUT2D eigenvalue weighted by Crippen LogP contribution is 2.39. The molecule has 0 unspecified atom stereocenters. The molecule has 1 saturated carbocycles. The molecule has 0 aromatic heterocycles. The highest BCUT2D eigenvalue weighted by Gasteiger charge is 2.34. The van der Waals surface area contributed by atoms with Crippen molar-refractivity contribution >= 4 is 23.2 Å². The fraction of sp³-hybridized carbons (Fsp3) is 0.600. The van der Waals surface area contributed by atoms with E-state index in [4.69, 9.17) is 23.2 Å². The van der Waals surface area contributed by atoms with Crippen molar-refractivity contribution in [2.24, 2.45) is 5.92 Å². The molecule has 0 amide bonds. The Morgan fingerprint density at radius 3 is 2.12 bits per heavy atom. The molecule has 0 nitrogen and oxygen atoms in total. The van der Waals surface area contributed by atoms with Crippen LogP contribution in [0.2, 0.25) is 0 Å². The zero-order valence-corrected chi connectivity index (χ0v) is 11.7. The standard InChI is InChI=1S/C15H20Cl2/c16-11-15(12-17,10-13-6-4-5-7-13)14-8-2-1-3-9-14/h1-3,8-9,13H,4-7,10-12H2. The average Bonchev–Trinajstić information content (AvgIpc) is 2.90. The molecule has 1 aliphatic rings. The van der Waals surface area contributed by atoms with Gasteiger partial charge in [0.05, 0.1) is 0 Å². The Morgan fingerprint density at radius 1 is 1.00 bits per heavy atom. The van der Waals surface area contributed by atoms with E-state index in [0.29, 0.717) is 11.8 Å². The highest BCUT2D eigenvalue weighted by atomic mass is 35.5. The summed E-state index contributed by atoms with van der Waals surface area (Å²) in [6, 6.07) is 10.5. The van der Waals surface area contributed by atoms with Gasteiger partial charge in [0.2, 0.25) is 0 Å². The maximum Gasteiger partial charge on any atom is 0.0332 e. The molecule has 0 radical (unpaired) electrons. The number of rotatable bonds is 5. The van der Waals surface area contributed by atoms with Crippen molar-refractivity contribution in [2.45, 2.75) is 37.5 Å². The van der Waals surface area contributed by atoms with Crippen molar-refractivity contribution in [3.63, 3.8) is 0 Å². The van der Waals surface area contributed by atoms with Gasteiger partial charge in [0, 0.05) is 17.2 Å². The molecule has 1 aromatic rings. The molecular weight excluding hydrogens is 251 g/mol. The van der Waals surface area contributed by atoms with E-state index in [1.54, 1.807) is 0 Å². The van der Waals surface area contributed by atoms with Crippen LogP contribution in [0, 0.1) is 5.92 Å². The third-order valence-corrected chi connectivity index (χ3v) is 5.08. The van der Waals surface area contributed by atoms with Crippen molar-refractivity contribution in [1.29, 1.82) is 0 Å². The topological polar surface area (TPSA) is 0 Å². The molecule has 2 heteroatoms. The Balaban J connectivity index is 2.19. The minimum atomic E-state index is -0.0284. The molecule has 17 heavy (non-hydrogen) atoms. The van der Waals surface area contributed by atoms with Gasteiger partial charge >= 0.3 is 0 Å². The Labute approximate surface area is 114 Å². The quantitative estimate of drug-likeness (QED) is 0.662. The van der Waals surface area contributed by atoms with E-state index in [1.165, 1.54) is 31.2 Å². The van der Waals surface area contributed by atoms with E-state index in [-0.39, 0.29) is 5.41 Å². The first-order valence-corrected chi connectivity index (χ1v) is 7.55. The largest absolute Gasteiger partial charge is 0.126 e. The average molecular weight is 271 g/mol.